The Bertz CT molecular complexity index is 627. The van der Waals surface area contributed by atoms with Crippen LogP contribution >= 0.6 is 11.3 Å². The van der Waals surface area contributed by atoms with E-state index in [1.54, 1.807) is 23.5 Å². The zero-order chi connectivity index (χ0) is 12.4. The molecule has 0 amide bonds. The van der Waals surface area contributed by atoms with Crippen LogP contribution in [0.1, 0.15) is 0 Å². The number of aromatic nitrogens is 1. The SMILES string of the molecule is Oc1ccc(-c2ccc(-c3cccs3)nc2)cc1. The Morgan fingerprint density at radius 3 is 2.28 bits per heavy atom. The van der Waals surface area contributed by atoms with Crippen LogP contribution in [0.3, 0.4) is 0 Å². The van der Waals surface area contributed by atoms with E-state index in [1.807, 2.05) is 35.8 Å². The van der Waals surface area contributed by atoms with E-state index in [9.17, 15) is 5.11 Å². The molecule has 0 saturated carbocycles. The normalized spacial score (nSPS) is 10.4. The molecule has 0 saturated heterocycles. The highest BCUT2D eigenvalue weighted by Gasteiger charge is 2.02. The van der Waals surface area contributed by atoms with Crippen LogP contribution in [-0.4, -0.2) is 10.1 Å². The van der Waals surface area contributed by atoms with Crippen molar-refractivity contribution in [2.24, 2.45) is 0 Å². The highest BCUT2D eigenvalue weighted by molar-refractivity contribution is 7.13. The molecule has 2 aromatic heterocycles. The summed E-state index contributed by atoms with van der Waals surface area (Å²) in [6.07, 6.45) is 1.86. The Kier molecular flexibility index (Phi) is 2.82. The quantitative estimate of drug-likeness (QED) is 0.743. The van der Waals surface area contributed by atoms with Gasteiger partial charge in [-0.05, 0) is 35.2 Å². The number of pyridine rings is 1. The number of rotatable bonds is 2. The predicted molar refractivity (Wildman–Crippen MR) is 74.7 cm³/mol. The molecule has 3 heteroatoms. The molecule has 0 bridgehead atoms. The Morgan fingerprint density at radius 2 is 1.67 bits per heavy atom. The van der Waals surface area contributed by atoms with Gasteiger partial charge in [0.2, 0.25) is 0 Å². The average molecular weight is 253 g/mol. The molecule has 0 fully saturated rings. The molecule has 88 valence electrons. The van der Waals surface area contributed by atoms with Gasteiger partial charge in [0.05, 0.1) is 10.6 Å². The highest BCUT2D eigenvalue weighted by atomic mass is 32.1. The van der Waals surface area contributed by atoms with Gasteiger partial charge in [-0.25, -0.2) is 0 Å². The van der Waals surface area contributed by atoms with Crippen LogP contribution in [0.15, 0.2) is 60.1 Å². The molecule has 0 spiro atoms. The van der Waals surface area contributed by atoms with Crippen LogP contribution in [0, 0.1) is 0 Å². The van der Waals surface area contributed by atoms with Gasteiger partial charge in [-0.15, -0.1) is 11.3 Å². The first-order valence-corrected chi connectivity index (χ1v) is 6.50. The number of thiophene rings is 1. The van der Waals surface area contributed by atoms with Crippen molar-refractivity contribution >= 4 is 11.3 Å². The van der Waals surface area contributed by atoms with Crippen LogP contribution in [-0.2, 0) is 0 Å². The van der Waals surface area contributed by atoms with Gasteiger partial charge in [-0.2, -0.15) is 0 Å². The largest absolute Gasteiger partial charge is 0.508 e. The maximum Gasteiger partial charge on any atom is 0.115 e. The second kappa shape index (κ2) is 4.63. The van der Waals surface area contributed by atoms with E-state index in [4.69, 9.17) is 0 Å². The summed E-state index contributed by atoms with van der Waals surface area (Å²) in [5, 5.41) is 11.3. The molecule has 3 rings (SSSR count). The lowest BCUT2D eigenvalue weighted by atomic mass is 10.1. The molecule has 2 nitrogen and oxygen atoms in total. The van der Waals surface area contributed by atoms with Crippen molar-refractivity contribution in [1.82, 2.24) is 4.98 Å². The Balaban J connectivity index is 1.94. The summed E-state index contributed by atoms with van der Waals surface area (Å²) in [6, 6.07) is 15.3. The van der Waals surface area contributed by atoms with E-state index in [-0.39, 0.29) is 5.75 Å². The molecule has 0 aliphatic carbocycles. The molecule has 2 heterocycles. The molecular formula is C15H11NOS. The van der Waals surface area contributed by atoms with Crippen molar-refractivity contribution in [2.75, 3.05) is 0 Å². The van der Waals surface area contributed by atoms with Crippen molar-refractivity contribution in [3.8, 4) is 27.4 Å². The Morgan fingerprint density at radius 1 is 0.889 bits per heavy atom. The van der Waals surface area contributed by atoms with Crippen molar-refractivity contribution in [3.05, 3.63) is 60.1 Å². The minimum Gasteiger partial charge on any atom is -0.508 e. The van der Waals surface area contributed by atoms with E-state index in [0.717, 1.165) is 16.8 Å². The van der Waals surface area contributed by atoms with Crippen molar-refractivity contribution in [3.63, 3.8) is 0 Å². The maximum atomic E-state index is 9.26. The number of hydrogen-bond acceptors (Lipinski definition) is 3. The number of aromatic hydroxyl groups is 1. The molecule has 1 aromatic carbocycles. The fraction of sp³-hybridized carbons (Fsp3) is 0. The number of hydrogen-bond donors (Lipinski definition) is 1. The fourth-order valence-corrected chi connectivity index (χ4v) is 2.49. The van der Waals surface area contributed by atoms with E-state index in [1.165, 1.54) is 4.88 Å². The summed E-state index contributed by atoms with van der Waals surface area (Å²) >= 11 is 1.68. The van der Waals surface area contributed by atoms with E-state index in [2.05, 4.69) is 17.1 Å². The molecule has 0 aliphatic rings. The summed E-state index contributed by atoms with van der Waals surface area (Å²) in [7, 11) is 0. The van der Waals surface area contributed by atoms with Gasteiger partial charge in [0.25, 0.3) is 0 Å². The molecule has 18 heavy (non-hydrogen) atoms. The van der Waals surface area contributed by atoms with Gasteiger partial charge in [-0.1, -0.05) is 24.3 Å². The number of benzene rings is 1. The summed E-state index contributed by atoms with van der Waals surface area (Å²) in [5.74, 6) is 0.280. The Hall–Kier alpha value is -2.13. The van der Waals surface area contributed by atoms with Crippen LogP contribution in [0.4, 0.5) is 0 Å². The van der Waals surface area contributed by atoms with Crippen LogP contribution < -0.4 is 0 Å². The van der Waals surface area contributed by atoms with Gasteiger partial charge in [0, 0.05) is 11.8 Å². The first-order valence-electron chi connectivity index (χ1n) is 5.62. The molecular weight excluding hydrogens is 242 g/mol. The first-order chi connectivity index (χ1) is 8.83. The lowest BCUT2D eigenvalue weighted by Crippen LogP contribution is -1.82. The number of phenols is 1. The lowest BCUT2D eigenvalue weighted by molar-refractivity contribution is 0.475. The van der Waals surface area contributed by atoms with E-state index >= 15 is 0 Å². The van der Waals surface area contributed by atoms with Crippen LogP contribution in [0.2, 0.25) is 0 Å². The fourth-order valence-electron chi connectivity index (χ4n) is 1.79. The maximum absolute atomic E-state index is 9.26. The molecule has 3 aromatic rings. The van der Waals surface area contributed by atoms with Crippen LogP contribution in [0.5, 0.6) is 5.75 Å². The molecule has 0 atom stereocenters. The second-order valence-electron chi connectivity index (χ2n) is 3.96. The van der Waals surface area contributed by atoms with Crippen LogP contribution in [0.25, 0.3) is 21.7 Å². The van der Waals surface area contributed by atoms with Gasteiger partial charge in [0.15, 0.2) is 0 Å². The number of nitrogens with zero attached hydrogens (tertiary/aromatic N) is 1. The van der Waals surface area contributed by atoms with Gasteiger partial charge >= 0.3 is 0 Å². The third-order valence-corrected chi connectivity index (χ3v) is 3.63. The summed E-state index contributed by atoms with van der Waals surface area (Å²) in [5.41, 5.74) is 3.10. The van der Waals surface area contributed by atoms with Gasteiger partial charge in [-0.3, -0.25) is 4.98 Å². The van der Waals surface area contributed by atoms with Crippen molar-refractivity contribution < 1.29 is 5.11 Å². The van der Waals surface area contributed by atoms with Crippen molar-refractivity contribution in [2.45, 2.75) is 0 Å². The summed E-state index contributed by atoms with van der Waals surface area (Å²) in [4.78, 5) is 5.64. The molecule has 0 radical (unpaired) electrons. The van der Waals surface area contributed by atoms with Gasteiger partial charge < -0.3 is 5.11 Å². The second-order valence-corrected chi connectivity index (χ2v) is 4.90. The smallest absolute Gasteiger partial charge is 0.115 e. The minimum absolute atomic E-state index is 0.280. The van der Waals surface area contributed by atoms with E-state index < -0.39 is 0 Å². The van der Waals surface area contributed by atoms with Gasteiger partial charge in [0.1, 0.15) is 5.75 Å². The summed E-state index contributed by atoms with van der Waals surface area (Å²) in [6.45, 7) is 0. The topological polar surface area (TPSA) is 33.1 Å². The molecule has 1 N–H and O–H groups in total. The number of phenolic OH excluding ortho intramolecular Hbond substituents is 1. The zero-order valence-electron chi connectivity index (χ0n) is 9.58. The predicted octanol–water partition coefficient (Wildman–Crippen LogP) is 4.18. The van der Waals surface area contributed by atoms with Crippen molar-refractivity contribution in [1.29, 1.82) is 0 Å². The third-order valence-electron chi connectivity index (χ3n) is 2.74. The standard InChI is InChI=1S/C15H11NOS/c17-13-6-3-11(4-7-13)12-5-8-14(16-10-12)15-2-1-9-18-15/h1-10,17H. The summed E-state index contributed by atoms with van der Waals surface area (Å²) < 4.78 is 0. The Labute approximate surface area is 109 Å². The first kappa shape index (κ1) is 11.0. The lowest BCUT2D eigenvalue weighted by Gasteiger charge is -2.02. The average Bonchev–Trinajstić information content (AvgIpc) is 2.94. The monoisotopic (exact) mass is 253 g/mol. The van der Waals surface area contributed by atoms with E-state index in [0.29, 0.717) is 0 Å². The molecule has 0 unspecified atom stereocenters. The highest BCUT2D eigenvalue weighted by Crippen LogP contribution is 2.26. The zero-order valence-corrected chi connectivity index (χ0v) is 10.4. The minimum atomic E-state index is 0.280. The molecule has 0 aliphatic heterocycles. The third kappa shape index (κ3) is 2.13.